The molecule has 4 amide bonds. The number of hydrogen-bond donors (Lipinski definition) is 10. The predicted octanol–water partition coefficient (Wildman–Crippen LogP) is 0.0876. The average Bonchev–Trinajstić information content (AvgIpc) is 3.70. The Morgan fingerprint density at radius 1 is 0.883 bits per heavy atom. The number of guanidine groups is 1. The zero-order chi connectivity index (χ0) is 44.3. The molecule has 326 valence electrons. The van der Waals surface area contributed by atoms with Crippen molar-refractivity contribution >= 4 is 52.8 Å². The number of carboxylic acids is 1. The van der Waals surface area contributed by atoms with Crippen LogP contribution in [0.2, 0.25) is 0 Å². The maximum Gasteiger partial charge on any atom is 0.326 e. The molecule has 2 aliphatic rings. The van der Waals surface area contributed by atoms with E-state index in [-0.39, 0.29) is 78.6 Å². The Morgan fingerprint density at radius 3 is 2.13 bits per heavy atom. The number of nitrogens with two attached hydrogens (primary N) is 3. The number of aromatic hydroxyl groups is 1. The molecule has 1 aliphatic heterocycles. The molecule has 2 aromatic carbocycles. The lowest BCUT2D eigenvalue weighted by Crippen LogP contribution is -2.57. The van der Waals surface area contributed by atoms with Gasteiger partial charge in [-0.3, -0.25) is 33.8 Å². The molecule has 0 saturated carbocycles. The first-order valence-corrected chi connectivity index (χ1v) is 20.2. The smallest absolute Gasteiger partial charge is 0.326 e. The van der Waals surface area contributed by atoms with Crippen molar-refractivity contribution in [2.24, 2.45) is 28.1 Å². The molecule has 4 rings (SSSR count). The van der Waals surface area contributed by atoms with Crippen molar-refractivity contribution in [2.75, 3.05) is 25.0 Å². The van der Waals surface area contributed by atoms with Crippen molar-refractivity contribution in [1.82, 2.24) is 20.9 Å². The number of unbranched alkanes of at least 4 members (excludes halogenated alkanes) is 1. The van der Waals surface area contributed by atoms with Crippen molar-refractivity contribution in [3.05, 3.63) is 58.7 Å². The van der Waals surface area contributed by atoms with Crippen molar-refractivity contribution in [1.29, 1.82) is 0 Å². The highest BCUT2D eigenvalue weighted by atomic mass is 16.4. The number of nitrogens with zero attached hydrogens (tertiary/aromatic N) is 2. The van der Waals surface area contributed by atoms with E-state index in [9.17, 15) is 48.9 Å². The molecule has 13 N–H and O–H groups in total. The van der Waals surface area contributed by atoms with Crippen molar-refractivity contribution in [3.8, 4) is 5.75 Å². The van der Waals surface area contributed by atoms with Gasteiger partial charge in [-0.25, -0.2) is 4.79 Å². The van der Waals surface area contributed by atoms with Crippen molar-refractivity contribution in [2.45, 2.75) is 108 Å². The first kappa shape index (κ1) is 46.6. The Kier molecular flexibility index (Phi) is 16.5. The maximum atomic E-state index is 14.4. The van der Waals surface area contributed by atoms with Crippen LogP contribution in [0.1, 0.15) is 104 Å². The van der Waals surface area contributed by atoms with Crippen LogP contribution in [0, 0.1) is 5.92 Å². The van der Waals surface area contributed by atoms with Crippen LogP contribution < -0.4 is 38.5 Å². The number of likely N-dealkylation sites (tertiary alicyclic amines) is 1. The number of benzene rings is 2. The number of hydrogen-bond acceptors (Lipinski definition) is 12. The molecule has 1 aliphatic carbocycles. The summed E-state index contributed by atoms with van der Waals surface area (Å²) in [4.78, 5) is 98.4. The standard InChI is InChI=1S/C41H57N9O10/c1-4-21(2)32(36(42)55)45-18-8-7-13-26(39(58)50-20-10-15-28(50)37(56)49-27(40(59)60)14-9-19-46-41(43)44)48-38(57)33(22(3)51)47-25-16-17-29(52)31-30(25)34(53)23-11-5-6-12-24(23)35(31)54/h5-6,11-12,16-17,21-22,26-28,32-33,45,47,51-52H,4,7-10,13-15,18-20H2,1-3H3,(H2,42,55)(H,48,57)(H,49,56)(H,59,60)(H4,43,44,46)/t21-,22+,26-,27-,28-,32-,33-/m0/s1. The Balaban J connectivity index is 1.57. The number of phenols is 1. The normalized spacial score (nSPS) is 17.5. The minimum Gasteiger partial charge on any atom is -0.507 e. The fraction of sp³-hybridized carbons (Fsp3) is 0.512. The van der Waals surface area contributed by atoms with E-state index in [1.54, 1.807) is 12.1 Å². The number of phenolic OH excluding ortho intramolecular Hbond substituents is 1. The summed E-state index contributed by atoms with van der Waals surface area (Å²) in [5, 5.41) is 42.7. The zero-order valence-corrected chi connectivity index (χ0v) is 34.1. The summed E-state index contributed by atoms with van der Waals surface area (Å²) in [6.45, 7) is 5.80. The molecule has 19 heteroatoms. The SMILES string of the molecule is CC[C@H](C)[C@H](NCCCC[C@H](NC(=O)[C@@H](Nc1ccc(O)c2c1C(=O)c1ccccc1C2=O)[C@@H](C)O)C(=O)N1CCC[C@H]1C(=O)N[C@@H](CCCN=C(N)N)C(=O)O)C(N)=O. The number of aliphatic carboxylic acids is 1. The van der Waals surface area contributed by atoms with Crippen molar-refractivity contribution in [3.63, 3.8) is 0 Å². The summed E-state index contributed by atoms with van der Waals surface area (Å²) in [5.41, 5.74) is 16.0. The molecule has 0 bridgehead atoms. The lowest BCUT2D eigenvalue weighted by molar-refractivity contribution is -0.145. The largest absolute Gasteiger partial charge is 0.507 e. The third-order valence-electron chi connectivity index (χ3n) is 10.9. The zero-order valence-electron chi connectivity index (χ0n) is 34.1. The molecular weight excluding hydrogens is 779 g/mol. The second-order valence-corrected chi connectivity index (χ2v) is 15.3. The van der Waals surface area contributed by atoms with E-state index < -0.39 is 83.2 Å². The van der Waals surface area contributed by atoms with Gasteiger partial charge in [0.05, 0.1) is 23.3 Å². The summed E-state index contributed by atoms with van der Waals surface area (Å²) in [7, 11) is 0. The minimum atomic E-state index is -1.49. The lowest BCUT2D eigenvalue weighted by Gasteiger charge is -2.31. The predicted molar refractivity (Wildman–Crippen MR) is 221 cm³/mol. The Labute approximate surface area is 347 Å². The van der Waals surface area contributed by atoms with E-state index in [0.29, 0.717) is 32.2 Å². The molecule has 7 atom stereocenters. The van der Waals surface area contributed by atoms with E-state index in [1.165, 1.54) is 36.1 Å². The number of carboxylic acid groups (broad SMARTS) is 1. The highest BCUT2D eigenvalue weighted by molar-refractivity contribution is 6.31. The number of nitrogens with one attached hydrogen (secondary N) is 4. The Bertz CT molecular complexity index is 1970. The summed E-state index contributed by atoms with van der Waals surface area (Å²) in [6, 6.07) is 2.97. The van der Waals surface area contributed by atoms with Gasteiger partial charge in [0.25, 0.3) is 0 Å². The maximum absolute atomic E-state index is 14.4. The van der Waals surface area contributed by atoms with E-state index in [1.807, 2.05) is 13.8 Å². The second kappa shape index (κ2) is 21.3. The summed E-state index contributed by atoms with van der Waals surface area (Å²) >= 11 is 0. The fourth-order valence-corrected chi connectivity index (χ4v) is 7.50. The molecule has 19 nitrogen and oxygen atoms in total. The van der Waals surface area contributed by atoms with Crippen LogP contribution in [0.3, 0.4) is 0 Å². The van der Waals surface area contributed by atoms with Crippen LogP contribution in [0.4, 0.5) is 5.69 Å². The third-order valence-corrected chi connectivity index (χ3v) is 10.9. The lowest BCUT2D eigenvalue weighted by atomic mass is 9.82. The molecule has 1 heterocycles. The molecule has 0 unspecified atom stereocenters. The van der Waals surface area contributed by atoms with Crippen LogP contribution in [0.5, 0.6) is 5.75 Å². The monoisotopic (exact) mass is 835 g/mol. The Hall–Kier alpha value is -6.08. The highest BCUT2D eigenvalue weighted by Gasteiger charge is 2.40. The van der Waals surface area contributed by atoms with Gasteiger partial charge in [-0.05, 0) is 76.5 Å². The number of rotatable bonds is 22. The van der Waals surface area contributed by atoms with Gasteiger partial charge >= 0.3 is 5.97 Å². The van der Waals surface area contributed by atoms with Gasteiger partial charge in [-0.1, -0.05) is 44.5 Å². The first-order valence-electron chi connectivity index (χ1n) is 20.2. The molecule has 1 saturated heterocycles. The Morgan fingerprint density at radius 2 is 1.53 bits per heavy atom. The highest BCUT2D eigenvalue weighted by Crippen LogP contribution is 2.37. The third kappa shape index (κ3) is 11.3. The average molecular weight is 836 g/mol. The van der Waals surface area contributed by atoms with Gasteiger partial charge in [0.2, 0.25) is 23.6 Å². The number of primary amides is 1. The van der Waals surface area contributed by atoms with Gasteiger partial charge < -0.3 is 58.7 Å². The quantitative estimate of drug-likeness (QED) is 0.0278. The van der Waals surface area contributed by atoms with Crippen LogP contribution in [0.15, 0.2) is 41.4 Å². The summed E-state index contributed by atoms with van der Waals surface area (Å²) in [5.74, 6) is -5.75. The molecule has 1 fully saturated rings. The van der Waals surface area contributed by atoms with Gasteiger partial charge in [-0.2, -0.15) is 0 Å². The second-order valence-electron chi connectivity index (χ2n) is 15.3. The molecule has 0 spiro atoms. The molecular formula is C41H57N9O10. The first-order chi connectivity index (χ1) is 28.5. The van der Waals surface area contributed by atoms with Crippen LogP contribution >= 0.6 is 0 Å². The molecule has 0 aromatic heterocycles. The van der Waals surface area contributed by atoms with E-state index >= 15 is 0 Å². The van der Waals surface area contributed by atoms with Crippen LogP contribution in [-0.2, 0) is 24.0 Å². The molecule has 2 aromatic rings. The number of aliphatic imine (C=N–C) groups is 1. The molecule has 0 radical (unpaired) electrons. The number of fused-ring (bicyclic) bond motifs is 2. The van der Waals surface area contributed by atoms with E-state index in [2.05, 4.69) is 26.3 Å². The van der Waals surface area contributed by atoms with E-state index in [4.69, 9.17) is 17.2 Å². The minimum absolute atomic E-state index is 0.0153. The van der Waals surface area contributed by atoms with Gasteiger partial charge in [-0.15, -0.1) is 0 Å². The van der Waals surface area contributed by atoms with Gasteiger partial charge in [0.1, 0.15) is 29.9 Å². The number of aliphatic hydroxyl groups is 1. The van der Waals surface area contributed by atoms with Crippen molar-refractivity contribution < 1.29 is 48.9 Å². The number of aliphatic hydroxyl groups excluding tert-OH is 1. The van der Waals surface area contributed by atoms with E-state index in [0.717, 1.165) is 0 Å². The fourth-order valence-electron chi connectivity index (χ4n) is 7.50. The number of amides is 4. The number of carbonyl (C=O) groups excluding carboxylic acids is 6. The van der Waals surface area contributed by atoms with Crippen LogP contribution in [-0.4, -0.2) is 123 Å². The number of carbonyl (C=O) groups is 7. The van der Waals surface area contributed by atoms with Gasteiger partial charge in [0, 0.05) is 29.9 Å². The number of anilines is 1. The van der Waals surface area contributed by atoms with Gasteiger partial charge in [0.15, 0.2) is 17.5 Å². The summed E-state index contributed by atoms with van der Waals surface area (Å²) in [6.07, 6.45) is 1.08. The molecule has 60 heavy (non-hydrogen) atoms. The van der Waals surface area contributed by atoms with Crippen LogP contribution in [0.25, 0.3) is 0 Å². The number of ketones is 2. The summed E-state index contributed by atoms with van der Waals surface area (Å²) < 4.78 is 0. The topological polar surface area (TPSA) is 322 Å².